The fraction of sp³-hybridized carbons (Fsp3) is 0.421. The van der Waals surface area contributed by atoms with Crippen LogP contribution in [-0.2, 0) is 16.6 Å². The van der Waals surface area contributed by atoms with Gasteiger partial charge in [-0.15, -0.1) is 0 Å². The fourth-order valence-corrected chi connectivity index (χ4v) is 5.48. The minimum absolute atomic E-state index is 0.133. The Morgan fingerprint density at radius 1 is 1.17 bits per heavy atom. The summed E-state index contributed by atoms with van der Waals surface area (Å²) < 4.78 is 33.8. The number of aromatic nitrogens is 3. The first-order valence-electron chi connectivity index (χ1n) is 9.61. The van der Waals surface area contributed by atoms with E-state index in [4.69, 9.17) is 9.63 Å². The van der Waals surface area contributed by atoms with Gasteiger partial charge in [-0.25, -0.2) is 13.4 Å². The molecule has 1 saturated heterocycles. The Balaban J connectivity index is 1.53. The Hall–Kier alpha value is -2.76. The summed E-state index contributed by atoms with van der Waals surface area (Å²) in [6.07, 6.45) is 1.43. The minimum Gasteiger partial charge on any atom is -0.395 e. The first kappa shape index (κ1) is 20.5. The van der Waals surface area contributed by atoms with E-state index in [-0.39, 0.29) is 23.6 Å². The smallest absolute Gasteiger partial charge is 0.261 e. The molecule has 1 aliphatic heterocycles. The van der Waals surface area contributed by atoms with Crippen molar-refractivity contribution in [3.05, 3.63) is 46.3 Å². The third kappa shape index (κ3) is 3.48. The molecule has 0 amide bonds. The van der Waals surface area contributed by atoms with Gasteiger partial charge in [0.1, 0.15) is 10.6 Å². The van der Waals surface area contributed by atoms with Crippen LogP contribution in [0.1, 0.15) is 11.5 Å². The number of benzene rings is 1. The van der Waals surface area contributed by atoms with Gasteiger partial charge in [-0.1, -0.05) is 5.16 Å². The normalized spacial score (nSPS) is 15.8. The molecule has 3 heterocycles. The van der Waals surface area contributed by atoms with Crippen molar-refractivity contribution >= 4 is 26.6 Å². The molecule has 1 aliphatic rings. The molecule has 0 atom stereocenters. The summed E-state index contributed by atoms with van der Waals surface area (Å²) in [7, 11) is -3.66. The quantitative estimate of drug-likeness (QED) is 0.618. The molecule has 0 bridgehead atoms. The number of hydrogen-bond donors (Lipinski definition) is 1. The van der Waals surface area contributed by atoms with Gasteiger partial charge in [0.15, 0.2) is 5.76 Å². The standard InChI is InChI=1S/C19H23N5O5S/c1-13-18(14(2)29-21-13)30(27,28)24-7-5-22(6-8-24)15-3-4-16-17(11-15)20-12-23(9-10-25)19(16)26/h3-4,11-12,25H,5-10H2,1-2H3. The van der Waals surface area contributed by atoms with E-state index in [9.17, 15) is 13.2 Å². The van der Waals surface area contributed by atoms with Crippen LogP contribution in [0.2, 0.25) is 0 Å². The van der Waals surface area contributed by atoms with Crippen LogP contribution < -0.4 is 10.5 Å². The highest BCUT2D eigenvalue weighted by atomic mass is 32.2. The monoisotopic (exact) mass is 433 g/mol. The number of aryl methyl sites for hydroxylation is 2. The highest BCUT2D eigenvalue weighted by Crippen LogP contribution is 2.26. The highest BCUT2D eigenvalue weighted by Gasteiger charge is 2.33. The summed E-state index contributed by atoms with van der Waals surface area (Å²) in [5, 5.41) is 13.3. The highest BCUT2D eigenvalue weighted by molar-refractivity contribution is 7.89. The fourth-order valence-electron chi connectivity index (χ4n) is 3.77. The summed E-state index contributed by atoms with van der Waals surface area (Å²) in [4.78, 5) is 19.0. The van der Waals surface area contributed by atoms with Crippen molar-refractivity contribution in [2.24, 2.45) is 0 Å². The maximum Gasteiger partial charge on any atom is 0.261 e. The number of hydrogen-bond acceptors (Lipinski definition) is 8. The molecule has 0 saturated carbocycles. The molecule has 11 heteroatoms. The number of fused-ring (bicyclic) bond motifs is 1. The van der Waals surface area contributed by atoms with Crippen molar-refractivity contribution in [2.45, 2.75) is 25.3 Å². The van der Waals surface area contributed by atoms with Crippen LogP contribution in [-0.4, -0.2) is 65.3 Å². The molecule has 0 aliphatic carbocycles. The molecule has 0 radical (unpaired) electrons. The molecule has 0 spiro atoms. The van der Waals surface area contributed by atoms with E-state index in [1.165, 1.54) is 15.2 Å². The van der Waals surface area contributed by atoms with Crippen molar-refractivity contribution in [1.29, 1.82) is 0 Å². The Kier molecular flexibility index (Phi) is 5.35. The second kappa shape index (κ2) is 7.82. The van der Waals surface area contributed by atoms with Crippen LogP contribution in [0.15, 0.2) is 38.7 Å². The predicted molar refractivity (Wildman–Crippen MR) is 110 cm³/mol. The Morgan fingerprint density at radius 3 is 2.53 bits per heavy atom. The van der Waals surface area contributed by atoms with Gasteiger partial charge >= 0.3 is 0 Å². The number of aliphatic hydroxyl groups is 1. The summed E-state index contributed by atoms with van der Waals surface area (Å²) in [5.41, 5.74) is 1.61. The van der Waals surface area contributed by atoms with E-state index in [0.717, 1.165) is 5.69 Å². The van der Waals surface area contributed by atoms with E-state index in [1.54, 1.807) is 19.9 Å². The number of sulfonamides is 1. The zero-order chi connectivity index (χ0) is 21.5. The zero-order valence-electron chi connectivity index (χ0n) is 16.8. The molecular weight excluding hydrogens is 410 g/mol. The van der Waals surface area contributed by atoms with E-state index >= 15 is 0 Å². The average molecular weight is 433 g/mol. The van der Waals surface area contributed by atoms with Crippen LogP contribution in [0, 0.1) is 13.8 Å². The molecule has 1 aromatic carbocycles. The van der Waals surface area contributed by atoms with Crippen LogP contribution in [0.5, 0.6) is 0 Å². The number of anilines is 1. The second-order valence-corrected chi connectivity index (χ2v) is 9.09. The van der Waals surface area contributed by atoms with Crippen LogP contribution >= 0.6 is 0 Å². The van der Waals surface area contributed by atoms with E-state index < -0.39 is 10.0 Å². The van der Waals surface area contributed by atoms with Gasteiger partial charge in [0.25, 0.3) is 5.56 Å². The number of rotatable bonds is 5. The summed E-state index contributed by atoms with van der Waals surface area (Å²) in [6, 6.07) is 5.40. The molecule has 1 fully saturated rings. The van der Waals surface area contributed by atoms with E-state index in [0.29, 0.717) is 48.5 Å². The van der Waals surface area contributed by atoms with Crippen LogP contribution in [0.3, 0.4) is 0 Å². The lowest BCUT2D eigenvalue weighted by atomic mass is 10.2. The molecule has 4 rings (SSSR count). The van der Waals surface area contributed by atoms with Gasteiger partial charge in [0, 0.05) is 31.9 Å². The minimum atomic E-state index is -3.66. The molecule has 2 aromatic heterocycles. The lowest BCUT2D eigenvalue weighted by Gasteiger charge is -2.35. The third-order valence-electron chi connectivity index (χ3n) is 5.32. The number of nitrogens with zero attached hydrogens (tertiary/aromatic N) is 5. The largest absolute Gasteiger partial charge is 0.395 e. The molecule has 0 unspecified atom stereocenters. The maximum atomic E-state index is 13.0. The van der Waals surface area contributed by atoms with Crippen molar-refractivity contribution in [3.63, 3.8) is 0 Å². The Bertz CT molecular complexity index is 1220. The first-order valence-corrected chi connectivity index (χ1v) is 11.0. The van der Waals surface area contributed by atoms with Crippen LogP contribution in [0.25, 0.3) is 10.9 Å². The predicted octanol–water partition coefficient (Wildman–Crippen LogP) is 0.505. The van der Waals surface area contributed by atoms with Crippen molar-refractivity contribution in [2.75, 3.05) is 37.7 Å². The topological polar surface area (TPSA) is 122 Å². The van der Waals surface area contributed by atoms with Gasteiger partial charge in [-0.05, 0) is 32.0 Å². The van der Waals surface area contributed by atoms with Gasteiger partial charge in [-0.3, -0.25) is 9.36 Å². The molecule has 3 aromatic rings. The SMILES string of the molecule is Cc1noc(C)c1S(=O)(=O)N1CCN(c2ccc3c(=O)n(CCO)cnc3c2)CC1. The van der Waals surface area contributed by atoms with E-state index in [2.05, 4.69) is 15.0 Å². The van der Waals surface area contributed by atoms with Crippen LogP contribution in [0.4, 0.5) is 5.69 Å². The lowest BCUT2D eigenvalue weighted by Crippen LogP contribution is -2.48. The number of piperazine rings is 1. The van der Waals surface area contributed by atoms with Gasteiger partial charge < -0.3 is 14.5 Å². The lowest BCUT2D eigenvalue weighted by molar-refractivity contribution is 0.274. The molecule has 160 valence electrons. The van der Waals surface area contributed by atoms with Crippen molar-refractivity contribution in [3.8, 4) is 0 Å². The summed E-state index contributed by atoms with van der Waals surface area (Å²) in [5.74, 6) is 0.294. The summed E-state index contributed by atoms with van der Waals surface area (Å²) in [6.45, 7) is 4.96. The molecule has 10 nitrogen and oxygen atoms in total. The van der Waals surface area contributed by atoms with Gasteiger partial charge in [-0.2, -0.15) is 4.31 Å². The van der Waals surface area contributed by atoms with Gasteiger partial charge in [0.05, 0.1) is 30.4 Å². The average Bonchev–Trinajstić information content (AvgIpc) is 3.09. The zero-order valence-corrected chi connectivity index (χ0v) is 17.6. The van der Waals surface area contributed by atoms with Crippen molar-refractivity contribution < 1.29 is 18.0 Å². The van der Waals surface area contributed by atoms with Gasteiger partial charge in [0.2, 0.25) is 10.0 Å². The number of aliphatic hydroxyl groups excluding tert-OH is 1. The second-order valence-electron chi connectivity index (χ2n) is 7.21. The first-order chi connectivity index (χ1) is 14.3. The third-order valence-corrected chi connectivity index (χ3v) is 7.46. The maximum absolute atomic E-state index is 13.0. The molecule has 1 N–H and O–H groups in total. The molecular formula is C19H23N5O5S. The Labute approximate surface area is 173 Å². The summed E-state index contributed by atoms with van der Waals surface area (Å²) >= 11 is 0. The molecule has 30 heavy (non-hydrogen) atoms. The Morgan fingerprint density at radius 2 is 1.90 bits per heavy atom. The van der Waals surface area contributed by atoms with Crippen molar-refractivity contribution in [1.82, 2.24) is 19.0 Å². The van der Waals surface area contributed by atoms with E-state index in [1.807, 2.05) is 12.1 Å².